The third kappa shape index (κ3) is 3.85. The van der Waals surface area contributed by atoms with Crippen LogP contribution in [0.2, 0.25) is 0 Å². The van der Waals surface area contributed by atoms with Crippen molar-refractivity contribution in [1.82, 2.24) is 9.88 Å². The summed E-state index contributed by atoms with van der Waals surface area (Å²) < 4.78 is 16.6. The van der Waals surface area contributed by atoms with Gasteiger partial charge in [0.25, 0.3) is 5.91 Å². The lowest BCUT2D eigenvalue weighted by molar-refractivity contribution is 0.0679. The van der Waals surface area contributed by atoms with Gasteiger partial charge in [0.1, 0.15) is 0 Å². The monoisotopic (exact) mass is 392 g/mol. The van der Waals surface area contributed by atoms with E-state index in [0.29, 0.717) is 31.0 Å². The summed E-state index contributed by atoms with van der Waals surface area (Å²) in [5.74, 6) is 1.33. The Morgan fingerprint density at radius 1 is 1.29 bits per heavy atom. The molecule has 1 aromatic heterocycles. The number of pyridine rings is 1. The Bertz CT molecular complexity index is 738. The molecule has 7 heteroatoms. The van der Waals surface area contributed by atoms with Gasteiger partial charge in [0.2, 0.25) is 6.79 Å². The molecule has 1 aliphatic rings. The molecule has 0 saturated carbocycles. The van der Waals surface area contributed by atoms with E-state index in [1.807, 2.05) is 18.2 Å². The van der Waals surface area contributed by atoms with Crippen molar-refractivity contribution in [3.63, 3.8) is 0 Å². The average molecular weight is 393 g/mol. The number of carbonyl (C=O) groups excluding carboxylic acids is 1. The summed E-state index contributed by atoms with van der Waals surface area (Å²) in [5.41, 5.74) is 1.49. The van der Waals surface area contributed by atoms with Crippen molar-refractivity contribution in [3.05, 3.63) is 52.3 Å². The number of rotatable bonds is 6. The van der Waals surface area contributed by atoms with E-state index in [-0.39, 0.29) is 12.7 Å². The Balaban J connectivity index is 1.79. The minimum atomic E-state index is -0.0986. The second-order valence-electron chi connectivity index (χ2n) is 5.30. The molecule has 0 saturated heterocycles. The number of halogens is 1. The molecule has 3 rings (SSSR count). The lowest BCUT2D eigenvalue weighted by atomic mass is 10.1. The highest BCUT2D eigenvalue weighted by atomic mass is 79.9. The summed E-state index contributed by atoms with van der Waals surface area (Å²) in [7, 11) is 1.61. The van der Waals surface area contributed by atoms with Crippen LogP contribution in [0.15, 0.2) is 41.1 Å². The van der Waals surface area contributed by atoms with Crippen molar-refractivity contribution in [2.45, 2.75) is 6.54 Å². The highest BCUT2D eigenvalue weighted by Crippen LogP contribution is 2.32. The lowest BCUT2D eigenvalue weighted by Gasteiger charge is -2.22. The molecule has 1 aromatic carbocycles. The number of carbonyl (C=O) groups is 1. The predicted octanol–water partition coefficient (Wildman–Crippen LogP) is 2.86. The molecule has 0 atom stereocenters. The third-order valence-electron chi connectivity index (χ3n) is 3.61. The second kappa shape index (κ2) is 7.63. The summed E-state index contributed by atoms with van der Waals surface area (Å²) in [5, 5.41) is 0. The number of hydrogen-bond donors (Lipinski definition) is 0. The topological polar surface area (TPSA) is 60.9 Å². The molecule has 0 aliphatic carbocycles. The van der Waals surface area contributed by atoms with E-state index in [1.54, 1.807) is 30.5 Å². The van der Waals surface area contributed by atoms with Gasteiger partial charge in [-0.3, -0.25) is 9.78 Å². The maximum absolute atomic E-state index is 12.8. The van der Waals surface area contributed by atoms with Gasteiger partial charge in [0.15, 0.2) is 11.5 Å². The van der Waals surface area contributed by atoms with Crippen LogP contribution in [0.4, 0.5) is 0 Å². The molecule has 2 aromatic rings. The highest BCUT2D eigenvalue weighted by Gasteiger charge is 2.19. The number of fused-ring (bicyclic) bond motifs is 1. The van der Waals surface area contributed by atoms with Crippen molar-refractivity contribution < 1.29 is 19.0 Å². The first kappa shape index (κ1) is 16.7. The first-order valence-corrected chi connectivity index (χ1v) is 8.24. The van der Waals surface area contributed by atoms with Crippen molar-refractivity contribution in [1.29, 1.82) is 0 Å². The summed E-state index contributed by atoms with van der Waals surface area (Å²) >= 11 is 3.34. The van der Waals surface area contributed by atoms with Gasteiger partial charge >= 0.3 is 0 Å². The first-order chi connectivity index (χ1) is 11.7. The molecular formula is C17H17BrN2O4. The predicted molar refractivity (Wildman–Crippen MR) is 91.1 cm³/mol. The summed E-state index contributed by atoms with van der Waals surface area (Å²) in [6.07, 6.45) is 3.21. The van der Waals surface area contributed by atoms with Gasteiger partial charge in [-0.2, -0.15) is 0 Å². The van der Waals surface area contributed by atoms with E-state index in [1.165, 1.54) is 0 Å². The molecule has 1 amide bonds. The Kier molecular flexibility index (Phi) is 5.32. The van der Waals surface area contributed by atoms with Gasteiger partial charge in [-0.15, -0.1) is 0 Å². The summed E-state index contributed by atoms with van der Waals surface area (Å²) in [6, 6.07) is 7.44. The number of benzene rings is 1. The van der Waals surface area contributed by atoms with Gasteiger partial charge in [-0.1, -0.05) is 6.07 Å². The van der Waals surface area contributed by atoms with Crippen LogP contribution >= 0.6 is 15.9 Å². The molecule has 2 heterocycles. The average Bonchev–Trinajstić information content (AvgIpc) is 3.05. The fraction of sp³-hybridized carbons (Fsp3) is 0.294. The standard InChI is InChI=1S/C17H17BrN2O4/c1-22-5-4-20(17(21)13-7-14(18)9-19-8-13)10-12-2-3-15-16(6-12)24-11-23-15/h2-3,6-9H,4-5,10-11H2,1H3. The highest BCUT2D eigenvalue weighted by molar-refractivity contribution is 9.10. The van der Waals surface area contributed by atoms with Crippen molar-refractivity contribution in [2.24, 2.45) is 0 Å². The number of aromatic nitrogens is 1. The SMILES string of the molecule is COCCN(Cc1ccc2c(c1)OCO2)C(=O)c1cncc(Br)c1. The van der Waals surface area contributed by atoms with Crippen LogP contribution in [-0.2, 0) is 11.3 Å². The van der Waals surface area contributed by atoms with Crippen LogP contribution in [-0.4, -0.2) is 42.8 Å². The van der Waals surface area contributed by atoms with E-state index in [2.05, 4.69) is 20.9 Å². The molecule has 0 unspecified atom stereocenters. The van der Waals surface area contributed by atoms with Crippen LogP contribution in [0.1, 0.15) is 15.9 Å². The zero-order chi connectivity index (χ0) is 16.9. The normalized spacial score (nSPS) is 12.2. The lowest BCUT2D eigenvalue weighted by Crippen LogP contribution is -2.33. The number of amides is 1. The quantitative estimate of drug-likeness (QED) is 0.756. The van der Waals surface area contributed by atoms with Gasteiger partial charge in [-0.25, -0.2) is 0 Å². The number of hydrogen-bond acceptors (Lipinski definition) is 5. The Morgan fingerprint density at radius 2 is 2.12 bits per heavy atom. The fourth-order valence-corrected chi connectivity index (χ4v) is 2.79. The van der Waals surface area contributed by atoms with E-state index in [0.717, 1.165) is 15.8 Å². The minimum Gasteiger partial charge on any atom is -0.454 e. The molecule has 0 bridgehead atoms. The van der Waals surface area contributed by atoms with E-state index in [4.69, 9.17) is 14.2 Å². The maximum Gasteiger partial charge on any atom is 0.255 e. The molecular weight excluding hydrogens is 376 g/mol. The third-order valence-corrected chi connectivity index (χ3v) is 4.05. The zero-order valence-corrected chi connectivity index (χ0v) is 14.8. The molecule has 24 heavy (non-hydrogen) atoms. The Hall–Kier alpha value is -2.12. The molecule has 1 aliphatic heterocycles. The Labute approximate surface area is 148 Å². The van der Waals surface area contributed by atoms with Crippen LogP contribution in [0.3, 0.4) is 0 Å². The first-order valence-electron chi connectivity index (χ1n) is 7.44. The van der Waals surface area contributed by atoms with E-state index >= 15 is 0 Å². The van der Waals surface area contributed by atoms with E-state index < -0.39 is 0 Å². The summed E-state index contributed by atoms with van der Waals surface area (Å²) in [4.78, 5) is 18.6. The largest absolute Gasteiger partial charge is 0.454 e. The van der Waals surface area contributed by atoms with Gasteiger partial charge in [0, 0.05) is 37.1 Å². The van der Waals surface area contributed by atoms with Crippen molar-refractivity contribution >= 4 is 21.8 Å². The molecule has 0 N–H and O–H groups in total. The zero-order valence-electron chi connectivity index (χ0n) is 13.2. The Morgan fingerprint density at radius 3 is 2.92 bits per heavy atom. The van der Waals surface area contributed by atoms with Crippen molar-refractivity contribution in [3.8, 4) is 11.5 Å². The minimum absolute atomic E-state index is 0.0986. The van der Waals surface area contributed by atoms with Crippen LogP contribution < -0.4 is 9.47 Å². The maximum atomic E-state index is 12.8. The van der Waals surface area contributed by atoms with Crippen LogP contribution in [0.5, 0.6) is 11.5 Å². The van der Waals surface area contributed by atoms with E-state index in [9.17, 15) is 4.79 Å². The number of methoxy groups -OCH3 is 1. The second-order valence-corrected chi connectivity index (χ2v) is 6.21. The smallest absolute Gasteiger partial charge is 0.255 e. The van der Waals surface area contributed by atoms with Crippen LogP contribution in [0, 0.1) is 0 Å². The molecule has 126 valence electrons. The number of nitrogens with zero attached hydrogens (tertiary/aromatic N) is 2. The van der Waals surface area contributed by atoms with Crippen LogP contribution in [0.25, 0.3) is 0 Å². The van der Waals surface area contributed by atoms with Crippen molar-refractivity contribution in [2.75, 3.05) is 27.1 Å². The summed E-state index contributed by atoms with van der Waals surface area (Å²) in [6.45, 7) is 1.62. The van der Waals surface area contributed by atoms with Gasteiger partial charge in [-0.05, 0) is 39.7 Å². The fourth-order valence-electron chi connectivity index (χ4n) is 2.42. The number of ether oxygens (including phenoxy) is 3. The molecule has 6 nitrogen and oxygen atoms in total. The van der Waals surface area contributed by atoms with Gasteiger partial charge in [0.05, 0.1) is 12.2 Å². The van der Waals surface area contributed by atoms with Gasteiger partial charge < -0.3 is 19.1 Å². The molecule has 0 radical (unpaired) electrons. The molecule has 0 fully saturated rings. The molecule has 0 spiro atoms.